The number of piperidine rings is 1. The number of hydrogen-bond donors (Lipinski definition) is 0. The van der Waals surface area contributed by atoms with Gasteiger partial charge < -0.3 is 9.80 Å². The SMILES string of the molecule is C=CCN(C)c1ncnc(N2CCCCC2)c1[N+](=O)[O-]. The summed E-state index contributed by atoms with van der Waals surface area (Å²) in [5.74, 6) is 0.765. The predicted octanol–water partition coefficient (Wildman–Crippen LogP) is 2.00. The van der Waals surface area contributed by atoms with Crippen molar-refractivity contribution in [2.24, 2.45) is 0 Å². The molecule has 1 saturated heterocycles. The van der Waals surface area contributed by atoms with Crippen LogP contribution in [0.4, 0.5) is 17.3 Å². The molecule has 2 heterocycles. The molecule has 0 amide bonds. The summed E-state index contributed by atoms with van der Waals surface area (Å²) >= 11 is 0. The molecule has 0 unspecified atom stereocenters. The van der Waals surface area contributed by atoms with Gasteiger partial charge in [0, 0.05) is 26.7 Å². The first-order valence-corrected chi connectivity index (χ1v) is 6.71. The van der Waals surface area contributed by atoms with E-state index >= 15 is 0 Å². The molecule has 1 aliphatic rings. The fraction of sp³-hybridized carbons (Fsp3) is 0.538. The van der Waals surface area contributed by atoms with Crippen LogP contribution in [-0.4, -0.2) is 41.6 Å². The van der Waals surface area contributed by atoms with Gasteiger partial charge in [0.1, 0.15) is 6.33 Å². The molecular weight excluding hydrogens is 258 g/mol. The number of anilines is 2. The smallest absolute Gasteiger partial charge is 0.351 e. The molecule has 0 N–H and O–H groups in total. The fourth-order valence-corrected chi connectivity index (χ4v) is 2.42. The van der Waals surface area contributed by atoms with Gasteiger partial charge in [0.2, 0.25) is 11.6 Å². The maximum absolute atomic E-state index is 11.4. The van der Waals surface area contributed by atoms with Crippen molar-refractivity contribution in [1.82, 2.24) is 9.97 Å². The molecule has 0 saturated carbocycles. The molecule has 2 rings (SSSR count). The molecule has 1 fully saturated rings. The summed E-state index contributed by atoms with van der Waals surface area (Å²) in [5.41, 5.74) is -0.0150. The standard InChI is InChI=1S/C13H19N5O2/c1-3-7-16(2)12-11(18(19)20)13(15-10-14-12)17-8-5-4-6-9-17/h3,10H,1,4-9H2,2H3. The van der Waals surface area contributed by atoms with Crippen LogP contribution in [0.25, 0.3) is 0 Å². The molecule has 1 aromatic rings. The molecule has 20 heavy (non-hydrogen) atoms. The molecule has 108 valence electrons. The van der Waals surface area contributed by atoms with Crippen molar-refractivity contribution in [3.8, 4) is 0 Å². The Kier molecular flexibility index (Phi) is 4.49. The van der Waals surface area contributed by atoms with Crippen LogP contribution in [0.3, 0.4) is 0 Å². The Morgan fingerprint density at radius 3 is 2.75 bits per heavy atom. The highest BCUT2D eigenvalue weighted by Gasteiger charge is 2.29. The van der Waals surface area contributed by atoms with E-state index in [2.05, 4.69) is 16.5 Å². The second-order valence-electron chi connectivity index (χ2n) is 4.84. The Labute approximate surface area is 118 Å². The maximum atomic E-state index is 11.4. The van der Waals surface area contributed by atoms with E-state index in [-0.39, 0.29) is 5.69 Å². The molecule has 7 heteroatoms. The summed E-state index contributed by atoms with van der Waals surface area (Å²) in [4.78, 5) is 23.0. The maximum Gasteiger partial charge on any atom is 0.353 e. The van der Waals surface area contributed by atoms with Gasteiger partial charge in [0.25, 0.3) is 0 Å². The highest BCUT2D eigenvalue weighted by molar-refractivity contribution is 5.71. The third kappa shape index (κ3) is 2.87. The second-order valence-corrected chi connectivity index (χ2v) is 4.84. The van der Waals surface area contributed by atoms with Gasteiger partial charge in [-0.2, -0.15) is 0 Å². The van der Waals surface area contributed by atoms with Crippen LogP contribution in [0, 0.1) is 10.1 Å². The van der Waals surface area contributed by atoms with Gasteiger partial charge in [0.05, 0.1) is 4.92 Å². The molecule has 0 bridgehead atoms. The van der Waals surface area contributed by atoms with Crippen LogP contribution in [0.2, 0.25) is 0 Å². The average molecular weight is 277 g/mol. The molecule has 0 spiro atoms. The molecule has 0 radical (unpaired) electrons. The van der Waals surface area contributed by atoms with E-state index in [1.807, 2.05) is 4.90 Å². The summed E-state index contributed by atoms with van der Waals surface area (Å²) in [7, 11) is 1.76. The van der Waals surface area contributed by atoms with Crippen LogP contribution in [0.1, 0.15) is 19.3 Å². The highest BCUT2D eigenvalue weighted by atomic mass is 16.6. The van der Waals surface area contributed by atoms with Crippen molar-refractivity contribution in [2.75, 3.05) is 36.5 Å². The summed E-state index contributed by atoms with van der Waals surface area (Å²) in [5, 5.41) is 11.4. The zero-order valence-electron chi connectivity index (χ0n) is 11.7. The van der Waals surface area contributed by atoms with Gasteiger partial charge in [-0.05, 0) is 19.3 Å². The van der Waals surface area contributed by atoms with Crippen molar-refractivity contribution >= 4 is 17.3 Å². The Morgan fingerprint density at radius 1 is 1.45 bits per heavy atom. The molecular formula is C13H19N5O2. The first-order valence-electron chi connectivity index (χ1n) is 6.71. The zero-order chi connectivity index (χ0) is 14.5. The number of nitro groups is 1. The average Bonchev–Trinajstić information content (AvgIpc) is 2.47. The minimum Gasteiger partial charge on any atom is -0.351 e. The molecule has 0 atom stereocenters. The number of hydrogen-bond acceptors (Lipinski definition) is 6. The van der Waals surface area contributed by atoms with Crippen molar-refractivity contribution in [1.29, 1.82) is 0 Å². The van der Waals surface area contributed by atoms with E-state index in [4.69, 9.17) is 0 Å². The Hall–Kier alpha value is -2.18. The summed E-state index contributed by atoms with van der Waals surface area (Å²) < 4.78 is 0. The van der Waals surface area contributed by atoms with Gasteiger partial charge in [-0.3, -0.25) is 10.1 Å². The van der Waals surface area contributed by atoms with Gasteiger partial charge in [-0.25, -0.2) is 9.97 Å². The minimum absolute atomic E-state index is 0.0150. The third-order valence-corrected chi connectivity index (χ3v) is 3.39. The number of nitrogens with zero attached hydrogens (tertiary/aromatic N) is 5. The summed E-state index contributed by atoms with van der Waals surface area (Å²) in [6.45, 7) is 5.76. The van der Waals surface area contributed by atoms with E-state index in [1.165, 1.54) is 12.7 Å². The lowest BCUT2D eigenvalue weighted by Crippen LogP contribution is -2.31. The quantitative estimate of drug-likeness (QED) is 0.465. The van der Waals surface area contributed by atoms with Gasteiger partial charge >= 0.3 is 5.69 Å². The first-order chi connectivity index (χ1) is 9.65. The van der Waals surface area contributed by atoms with Crippen LogP contribution in [-0.2, 0) is 0 Å². The van der Waals surface area contributed by atoms with E-state index < -0.39 is 4.92 Å². The summed E-state index contributed by atoms with van der Waals surface area (Å²) in [6, 6.07) is 0. The lowest BCUT2D eigenvalue weighted by molar-refractivity contribution is -0.383. The van der Waals surface area contributed by atoms with Gasteiger partial charge in [-0.15, -0.1) is 6.58 Å². The molecule has 0 aromatic carbocycles. The Balaban J connectivity index is 2.42. The van der Waals surface area contributed by atoms with E-state index in [0.29, 0.717) is 18.2 Å². The fourth-order valence-electron chi connectivity index (χ4n) is 2.42. The lowest BCUT2D eigenvalue weighted by Gasteiger charge is -2.28. The van der Waals surface area contributed by atoms with Crippen LogP contribution in [0.15, 0.2) is 19.0 Å². The predicted molar refractivity (Wildman–Crippen MR) is 78.2 cm³/mol. The normalized spacial score (nSPS) is 14.9. The van der Waals surface area contributed by atoms with Crippen LogP contribution >= 0.6 is 0 Å². The lowest BCUT2D eigenvalue weighted by atomic mass is 10.1. The first kappa shape index (κ1) is 14.2. The van der Waals surface area contributed by atoms with E-state index in [0.717, 1.165) is 25.9 Å². The van der Waals surface area contributed by atoms with Crippen molar-refractivity contribution in [3.05, 3.63) is 29.1 Å². The van der Waals surface area contributed by atoms with Crippen LogP contribution in [0.5, 0.6) is 0 Å². The molecule has 1 aromatic heterocycles. The van der Waals surface area contributed by atoms with Crippen LogP contribution < -0.4 is 9.80 Å². The van der Waals surface area contributed by atoms with Crippen molar-refractivity contribution in [2.45, 2.75) is 19.3 Å². The number of rotatable bonds is 5. The molecule has 0 aliphatic carbocycles. The van der Waals surface area contributed by atoms with Gasteiger partial charge in [-0.1, -0.05) is 6.08 Å². The van der Waals surface area contributed by atoms with E-state index in [1.54, 1.807) is 18.0 Å². The Morgan fingerprint density at radius 2 is 2.15 bits per heavy atom. The summed E-state index contributed by atoms with van der Waals surface area (Å²) in [6.07, 6.45) is 6.33. The minimum atomic E-state index is -0.390. The topological polar surface area (TPSA) is 75.4 Å². The largest absolute Gasteiger partial charge is 0.353 e. The van der Waals surface area contributed by atoms with Crippen molar-refractivity contribution < 1.29 is 4.92 Å². The van der Waals surface area contributed by atoms with Gasteiger partial charge in [0.15, 0.2) is 0 Å². The monoisotopic (exact) mass is 277 g/mol. The third-order valence-electron chi connectivity index (χ3n) is 3.39. The second kappa shape index (κ2) is 6.31. The van der Waals surface area contributed by atoms with E-state index in [9.17, 15) is 10.1 Å². The zero-order valence-corrected chi connectivity index (χ0v) is 11.7. The number of likely N-dealkylation sites (N-methyl/N-ethyl adjacent to an activating group) is 1. The molecule has 1 aliphatic heterocycles. The molecule has 7 nitrogen and oxygen atoms in total. The van der Waals surface area contributed by atoms with Crippen molar-refractivity contribution in [3.63, 3.8) is 0 Å². The number of aromatic nitrogens is 2. The highest BCUT2D eigenvalue weighted by Crippen LogP contribution is 2.34. The Bertz CT molecular complexity index is 500.